The van der Waals surface area contributed by atoms with Gasteiger partial charge < -0.3 is 9.30 Å². The average molecular weight is 223 g/mol. The Morgan fingerprint density at radius 3 is 2.88 bits per heavy atom. The van der Waals surface area contributed by atoms with Crippen LogP contribution in [0.2, 0.25) is 0 Å². The topological polar surface area (TPSA) is 47.4 Å². The van der Waals surface area contributed by atoms with Crippen LogP contribution in [-0.2, 0) is 24.2 Å². The van der Waals surface area contributed by atoms with E-state index in [-0.39, 0.29) is 5.97 Å². The maximum absolute atomic E-state index is 11.7. The predicted octanol–water partition coefficient (Wildman–Crippen LogP) is 0.677. The number of imidazole rings is 1. The van der Waals surface area contributed by atoms with E-state index >= 15 is 0 Å². The summed E-state index contributed by atoms with van der Waals surface area (Å²) in [6.45, 7) is 4.55. The highest BCUT2D eigenvalue weighted by Gasteiger charge is 2.25. The Balaban J connectivity index is 2.46. The minimum absolute atomic E-state index is 0.278. The number of carbonyl (C=O) groups excluding carboxylic acids is 1. The number of likely N-dealkylation sites (N-methyl/N-ethyl adjacent to an activating group) is 1. The van der Waals surface area contributed by atoms with Crippen molar-refractivity contribution in [1.82, 2.24) is 14.5 Å². The van der Waals surface area contributed by atoms with Crippen molar-refractivity contribution in [2.24, 2.45) is 0 Å². The number of nitrogens with zero attached hydrogens (tertiary/aromatic N) is 3. The first kappa shape index (κ1) is 11.1. The largest absolute Gasteiger partial charge is 0.464 e. The Labute approximate surface area is 95.0 Å². The summed E-state index contributed by atoms with van der Waals surface area (Å²) in [4.78, 5) is 18.4. The fourth-order valence-electron chi connectivity index (χ4n) is 2.08. The van der Waals surface area contributed by atoms with Crippen molar-refractivity contribution >= 4 is 5.97 Å². The van der Waals surface area contributed by atoms with Crippen LogP contribution >= 0.6 is 0 Å². The molecule has 0 saturated heterocycles. The molecule has 1 aromatic rings. The smallest absolute Gasteiger partial charge is 0.356 e. The Kier molecular flexibility index (Phi) is 2.96. The van der Waals surface area contributed by atoms with Crippen molar-refractivity contribution < 1.29 is 9.53 Å². The monoisotopic (exact) mass is 223 g/mol. The summed E-state index contributed by atoms with van der Waals surface area (Å²) in [6.07, 6.45) is 0.758. The Hall–Kier alpha value is -1.36. The van der Waals surface area contributed by atoms with Crippen molar-refractivity contribution in [3.63, 3.8) is 0 Å². The SMILES string of the molecule is CCc1nc2n(c1C(=O)OC)CCN(C)C2. The summed E-state index contributed by atoms with van der Waals surface area (Å²) in [5, 5.41) is 0. The number of carbonyl (C=O) groups is 1. The fraction of sp³-hybridized carbons (Fsp3) is 0.636. The molecule has 0 atom stereocenters. The first-order chi connectivity index (χ1) is 7.67. The number of hydrogen-bond acceptors (Lipinski definition) is 4. The third-order valence-corrected chi connectivity index (χ3v) is 2.95. The normalized spacial score (nSPS) is 15.9. The molecule has 2 rings (SSSR count). The number of rotatable bonds is 2. The lowest BCUT2D eigenvalue weighted by Gasteiger charge is -2.24. The second-order valence-corrected chi connectivity index (χ2v) is 4.06. The van der Waals surface area contributed by atoms with Gasteiger partial charge >= 0.3 is 5.97 Å². The molecule has 0 aromatic carbocycles. The first-order valence-electron chi connectivity index (χ1n) is 5.52. The van der Waals surface area contributed by atoms with Gasteiger partial charge in [-0.05, 0) is 13.5 Å². The number of aromatic nitrogens is 2. The second-order valence-electron chi connectivity index (χ2n) is 4.06. The molecular weight excluding hydrogens is 206 g/mol. The summed E-state index contributed by atoms with van der Waals surface area (Å²) in [5.74, 6) is 0.686. The van der Waals surface area contributed by atoms with Gasteiger partial charge in [-0.2, -0.15) is 0 Å². The molecule has 0 amide bonds. The first-order valence-corrected chi connectivity index (χ1v) is 5.52. The van der Waals surface area contributed by atoms with Crippen LogP contribution in [0.3, 0.4) is 0 Å². The van der Waals surface area contributed by atoms with E-state index in [1.165, 1.54) is 7.11 Å². The summed E-state index contributed by atoms with van der Waals surface area (Å²) in [6, 6.07) is 0. The highest BCUT2D eigenvalue weighted by Crippen LogP contribution is 2.18. The lowest BCUT2D eigenvalue weighted by Crippen LogP contribution is -2.32. The fourth-order valence-corrected chi connectivity index (χ4v) is 2.08. The molecule has 1 aliphatic heterocycles. The minimum Gasteiger partial charge on any atom is -0.464 e. The van der Waals surface area contributed by atoms with Crippen LogP contribution < -0.4 is 0 Å². The zero-order chi connectivity index (χ0) is 11.7. The van der Waals surface area contributed by atoms with Gasteiger partial charge in [0.15, 0.2) is 5.69 Å². The van der Waals surface area contributed by atoms with Crippen LogP contribution in [-0.4, -0.2) is 41.1 Å². The van der Waals surface area contributed by atoms with Gasteiger partial charge in [-0.1, -0.05) is 6.92 Å². The van der Waals surface area contributed by atoms with Gasteiger partial charge in [0.05, 0.1) is 19.3 Å². The van der Waals surface area contributed by atoms with E-state index < -0.39 is 0 Å². The minimum atomic E-state index is -0.278. The molecule has 16 heavy (non-hydrogen) atoms. The lowest BCUT2D eigenvalue weighted by atomic mass is 10.2. The highest BCUT2D eigenvalue weighted by molar-refractivity contribution is 5.89. The van der Waals surface area contributed by atoms with Gasteiger partial charge in [0.2, 0.25) is 0 Å². The average Bonchev–Trinajstić information content (AvgIpc) is 2.65. The Bertz CT molecular complexity index is 412. The van der Waals surface area contributed by atoms with Crippen LogP contribution in [0.5, 0.6) is 0 Å². The van der Waals surface area contributed by atoms with Crippen molar-refractivity contribution in [1.29, 1.82) is 0 Å². The standard InChI is InChI=1S/C11H17N3O2/c1-4-8-10(11(15)16-3)14-6-5-13(2)7-9(14)12-8/h4-7H2,1-3H3. The van der Waals surface area contributed by atoms with E-state index in [1.54, 1.807) is 0 Å². The van der Waals surface area contributed by atoms with Gasteiger partial charge in [-0.25, -0.2) is 9.78 Å². The van der Waals surface area contributed by atoms with Crippen LogP contribution in [0.15, 0.2) is 0 Å². The number of ether oxygens (including phenoxy) is 1. The number of hydrogen-bond donors (Lipinski definition) is 0. The van der Waals surface area contributed by atoms with E-state index in [1.807, 2.05) is 11.5 Å². The zero-order valence-corrected chi connectivity index (χ0v) is 9.99. The molecule has 0 fully saturated rings. The lowest BCUT2D eigenvalue weighted by molar-refractivity contribution is 0.0583. The molecule has 5 heteroatoms. The molecule has 0 unspecified atom stereocenters. The quantitative estimate of drug-likeness (QED) is 0.692. The summed E-state index contributed by atoms with van der Waals surface area (Å²) < 4.78 is 6.81. The molecule has 1 aliphatic rings. The van der Waals surface area contributed by atoms with Crippen molar-refractivity contribution in [2.75, 3.05) is 20.7 Å². The molecule has 0 spiro atoms. The van der Waals surface area contributed by atoms with Crippen LogP contribution in [0, 0.1) is 0 Å². The number of methoxy groups -OCH3 is 1. The maximum Gasteiger partial charge on any atom is 0.356 e. The molecule has 88 valence electrons. The zero-order valence-electron chi connectivity index (χ0n) is 9.99. The molecular formula is C11H17N3O2. The summed E-state index contributed by atoms with van der Waals surface area (Å²) in [7, 11) is 3.47. The predicted molar refractivity (Wildman–Crippen MR) is 59.3 cm³/mol. The van der Waals surface area contributed by atoms with Crippen LogP contribution in [0.25, 0.3) is 0 Å². The molecule has 5 nitrogen and oxygen atoms in total. The van der Waals surface area contributed by atoms with Crippen molar-refractivity contribution in [2.45, 2.75) is 26.4 Å². The molecule has 0 saturated carbocycles. The Morgan fingerprint density at radius 2 is 2.25 bits per heavy atom. The van der Waals surface area contributed by atoms with Crippen LogP contribution in [0.4, 0.5) is 0 Å². The molecule has 0 bridgehead atoms. The molecule has 0 aliphatic carbocycles. The molecule has 0 N–H and O–H groups in total. The third kappa shape index (κ3) is 1.71. The van der Waals surface area contributed by atoms with Crippen molar-refractivity contribution in [3.05, 3.63) is 17.2 Å². The summed E-state index contributed by atoms with van der Waals surface area (Å²) in [5.41, 5.74) is 1.48. The van der Waals surface area contributed by atoms with E-state index in [2.05, 4.69) is 16.9 Å². The Morgan fingerprint density at radius 1 is 1.50 bits per heavy atom. The summed E-state index contributed by atoms with van der Waals surface area (Å²) >= 11 is 0. The van der Waals surface area contributed by atoms with E-state index in [4.69, 9.17) is 4.74 Å². The van der Waals surface area contributed by atoms with Gasteiger partial charge in [0, 0.05) is 13.1 Å². The van der Waals surface area contributed by atoms with Crippen LogP contribution in [0.1, 0.15) is 28.9 Å². The maximum atomic E-state index is 11.7. The van der Waals surface area contributed by atoms with Gasteiger partial charge in [0.25, 0.3) is 0 Å². The third-order valence-electron chi connectivity index (χ3n) is 2.95. The molecule has 1 aromatic heterocycles. The molecule has 0 radical (unpaired) electrons. The van der Waals surface area contributed by atoms with Gasteiger partial charge in [0.1, 0.15) is 5.82 Å². The number of esters is 1. The van der Waals surface area contributed by atoms with Crippen molar-refractivity contribution in [3.8, 4) is 0 Å². The molecule has 2 heterocycles. The van der Waals surface area contributed by atoms with Gasteiger partial charge in [-0.3, -0.25) is 4.90 Å². The highest BCUT2D eigenvalue weighted by atomic mass is 16.5. The van der Waals surface area contributed by atoms with E-state index in [0.29, 0.717) is 5.69 Å². The number of aryl methyl sites for hydroxylation is 1. The van der Waals surface area contributed by atoms with E-state index in [0.717, 1.165) is 37.6 Å². The van der Waals surface area contributed by atoms with Gasteiger partial charge in [-0.15, -0.1) is 0 Å². The van der Waals surface area contributed by atoms with E-state index in [9.17, 15) is 4.79 Å². The number of fused-ring (bicyclic) bond motifs is 1. The second kappa shape index (κ2) is 4.25.